The monoisotopic (exact) mass is 456 g/mol. The molecule has 1 atom stereocenters. The van der Waals surface area contributed by atoms with Crippen LogP contribution in [0.25, 0.3) is 11.1 Å². The first-order valence-electron chi connectivity index (χ1n) is 12.6. The molecule has 33 heavy (non-hydrogen) atoms. The second kappa shape index (κ2) is 9.50. The highest BCUT2D eigenvalue weighted by Gasteiger charge is 2.48. The van der Waals surface area contributed by atoms with Crippen LogP contribution in [-0.4, -0.2) is 77.2 Å². The van der Waals surface area contributed by atoms with Crippen LogP contribution in [0, 0.1) is 0 Å². The van der Waals surface area contributed by atoms with Crippen LogP contribution in [0.1, 0.15) is 62.4 Å². The van der Waals surface area contributed by atoms with E-state index in [0.29, 0.717) is 24.4 Å². The molecule has 0 aromatic carbocycles. The lowest BCUT2D eigenvalue weighted by atomic mass is 9.93. The number of carbonyl (C=O) groups is 2. The summed E-state index contributed by atoms with van der Waals surface area (Å²) in [5.41, 5.74) is 1.24. The van der Waals surface area contributed by atoms with E-state index in [1.165, 1.54) is 12.8 Å². The number of ether oxygens (including phenoxy) is 1. The molecule has 1 saturated carbocycles. The smallest absolute Gasteiger partial charge is 0.271 e. The van der Waals surface area contributed by atoms with Gasteiger partial charge in [0.2, 0.25) is 5.91 Å². The minimum absolute atomic E-state index is 0.0369. The van der Waals surface area contributed by atoms with Crippen LogP contribution in [0.15, 0.2) is 22.8 Å². The lowest BCUT2D eigenvalue weighted by Gasteiger charge is -2.45. The van der Waals surface area contributed by atoms with Crippen molar-refractivity contribution >= 4 is 22.9 Å². The zero-order chi connectivity index (χ0) is 22.8. The SMILES string of the molecule is C[C@@]1(C(=O)NC2CCCCCC2)Cn2c(cc3occc32)C(=O)N1CCCN1CCOCC1. The number of hydrogen-bond donors (Lipinski definition) is 1. The Kier molecular flexibility index (Phi) is 6.47. The fraction of sp³-hybridized carbons (Fsp3) is 0.680. The predicted molar refractivity (Wildman–Crippen MR) is 125 cm³/mol. The molecule has 1 aliphatic carbocycles. The normalized spacial score (nSPS) is 25.2. The molecule has 2 fully saturated rings. The molecule has 3 aliphatic rings. The summed E-state index contributed by atoms with van der Waals surface area (Å²) in [6.45, 7) is 7.19. The van der Waals surface area contributed by atoms with E-state index >= 15 is 0 Å². The molecule has 0 bridgehead atoms. The van der Waals surface area contributed by atoms with E-state index in [0.717, 1.165) is 70.5 Å². The van der Waals surface area contributed by atoms with Crippen molar-refractivity contribution in [3.63, 3.8) is 0 Å². The van der Waals surface area contributed by atoms with Crippen molar-refractivity contribution in [1.29, 1.82) is 0 Å². The highest BCUT2D eigenvalue weighted by atomic mass is 16.5. The Bertz CT molecular complexity index is 984. The summed E-state index contributed by atoms with van der Waals surface area (Å²) in [6, 6.07) is 3.89. The van der Waals surface area contributed by atoms with E-state index in [2.05, 4.69) is 10.2 Å². The minimum atomic E-state index is -0.940. The van der Waals surface area contributed by atoms with Crippen LogP contribution < -0.4 is 5.32 Å². The van der Waals surface area contributed by atoms with E-state index in [4.69, 9.17) is 9.15 Å². The summed E-state index contributed by atoms with van der Waals surface area (Å²) in [4.78, 5) is 31.6. The molecule has 1 saturated heterocycles. The maximum Gasteiger partial charge on any atom is 0.271 e. The standard InChI is InChI=1S/C25H36N4O4/c1-25(24(31)26-19-7-4-2-3-5-8-19)18-28-20-9-14-33-22(20)17-21(28)23(30)29(25)11-6-10-27-12-15-32-16-13-27/h9,14,17,19H,2-8,10-13,15-16,18H2,1H3,(H,26,31)/t25-/m0/s1. The average molecular weight is 457 g/mol. The molecule has 2 aliphatic heterocycles. The first-order chi connectivity index (χ1) is 16.1. The summed E-state index contributed by atoms with van der Waals surface area (Å²) in [7, 11) is 0. The van der Waals surface area contributed by atoms with Gasteiger partial charge in [-0.3, -0.25) is 14.5 Å². The van der Waals surface area contributed by atoms with Crippen molar-refractivity contribution in [3.8, 4) is 0 Å². The topological polar surface area (TPSA) is 80.0 Å². The first-order valence-corrected chi connectivity index (χ1v) is 12.6. The van der Waals surface area contributed by atoms with E-state index in [1.54, 1.807) is 6.26 Å². The van der Waals surface area contributed by atoms with Gasteiger partial charge in [0.05, 0.1) is 31.5 Å². The molecule has 0 radical (unpaired) electrons. The van der Waals surface area contributed by atoms with Gasteiger partial charge in [0.25, 0.3) is 5.91 Å². The molecule has 0 unspecified atom stereocenters. The molecule has 2 aromatic rings. The lowest BCUT2D eigenvalue weighted by Crippen LogP contribution is -2.65. The Balaban J connectivity index is 1.38. The number of rotatable bonds is 6. The van der Waals surface area contributed by atoms with Gasteiger partial charge in [-0.2, -0.15) is 0 Å². The zero-order valence-electron chi connectivity index (χ0n) is 19.7. The number of nitrogens with zero attached hydrogens (tertiary/aromatic N) is 3. The van der Waals surface area contributed by atoms with Gasteiger partial charge in [-0.25, -0.2) is 0 Å². The zero-order valence-corrected chi connectivity index (χ0v) is 19.7. The van der Waals surface area contributed by atoms with Crippen LogP contribution in [0.5, 0.6) is 0 Å². The van der Waals surface area contributed by atoms with Crippen LogP contribution >= 0.6 is 0 Å². The van der Waals surface area contributed by atoms with Crippen LogP contribution in [0.2, 0.25) is 0 Å². The maximum absolute atomic E-state index is 13.8. The van der Waals surface area contributed by atoms with E-state index in [9.17, 15) is 9.59 Å². The molecule has 180 valence electrons. The van der Waals surface area contributed by atoms with Gasteiger partial charge >= 0.3 is 0 Å². The third-order valence-electron chi connectivity index (χ3n) is 7.69. The van der Waals surface area contributed by atoms with Crippen LogP contribution in [-0.2, 0) is 16.1 Å². The van der Waals surface area contributed by atoms with Crippen LogP contribution in [0.4, 0.5) is 0 Å². The van der Waals surface area contributed by atoms with Gasteiger partial charge in [0.15, 0.2) is 5.58 Å². The number of furan rings is 1. The van der Waals surface area contributed by atoms with E-state index in [-0.39, 0.29) is 17.9 Å². The Labute approximate surface area is 195 Å². The van der Waals surface area contributed by atoms with Crippen molar-refractivity contribution in [2.45, 2.75) is 70.0 Å². The van der Waals surface area contributed by atoms with Gasteiger partial charge < -0.3 is 23.9 Å². The summed E-state index contributed by atoms with van der Waals surface area (Å²) in [5.74, 6) is -0.127. The molecule has 2 amide bonds. The molecule has 5 rings (SSSR count). The quantitative estimate of drug-likeness (QED) is 0.676. The molecule has 8 nitrogen and oxygen atoms in total. The number of carbonyl (C=O) groups excluding carboxylic acids is 2. The number of fused-ring (bicyclic) bond motifs is 3. The van der Waals surface area contributed by atoms with Crippen LogP contribution in [0.3, 0.4) is 0 Å². The molecule has 0 spiro atoms. The van der Waals surface area contributed by atoms with Crippen molar-refractivity contribution in [1.82, 2.24) is 19.7 Å². The maximum atomic E-state index is 13.8. The Morgan fingerprint density at radius 1 is 1.15 bits per heavy atom. The van der Waals surface area contributed by atoms with Crippen molar-refractivity contribution in [2.75, 3.05) is 39.4 Å². The summed E-state index contributed by atoms with van der Waals surface area (Å²) in [6.07, 6.45) is 9.29. The summed E-state index contributed by atoms with van der Waals surface area (Å²) >= 11 is 0. The second-order valence-electron chi connectivity index (χ2n) is 9.99. The minimum Gasteiger partial charge on any atom is -0.463 e. The Morgan fingerprint density at radius 2 is 1.91 bits per heavy atom. The molecular formula is C25H36N4O4. The van der Waals surface area contributed by atoms with Gasteiger partial charge in [-0.15, -0.1) is 0 Å². The Morgan fingerprint density at radius 3 is 2.67 bits per heavy atom. The highest BCUT2D eigenvalue weighted by Crippen LogP contribution is 2.33. The number of hydrogen-bond acceptors (Lipinski definition) is 5. The fourth-order valence-electron chi connectivity index (χ4n) is 5.66. The summed E-state index contributed by atoms with van der Waals surface area (Å²) < 4.78 is 13.0. The highest BCUT2D eigenvalue weighted by molar-refractivity contribution is 6.02. The number of aromatic nitrogens is 1. The second-order valence-corrected chi connectivity index (χ2v) is 9.99. The van der Waals surface area contributed by atoms with Crippen molar-refractivity contribution < 1.29 is 18.7 Å². The molecule has 8 heteroatoms. The summed E-state index contributed by atoms with van der Waals surface area (Å²) in [5, 5.41) is 3.33. The van der Waals surface area contributed by atoms with Gasteiger partial charge in [-0.1, -0.05) is 25.7 Å². The van der Waals surface area contributed by atoms with Gasteiger partial charge in [0, 0.05) is 44.4 Å². The third-order valence-corrected chi connectivity index (χ3v) is 7.69. The number of amides is 2. The van der Waals surface area contributed by atoms with Gasteiger partial charge in [0.1, 0.15) is 11.2 Å². The largest absolute Gasteiger partial charge is 0.463 e. The fourth-order valence-corrected chi connectivity index (χ4v) is 5.66. The lowest BCUT2D eigenvalue weighted by molar-refractivity contribution is -0.133. The van der Waals surface area contributed by atoms with Crippen molar-refractivity contribution in [2.24, 2.45) is 0 Å². The van der Waals surface area contributed by atoms with E-state index < -0.39 is 5.54 Å². The molecular weight excluding hydrogens is 420 g/mol. The van der Waals surface area contributed by atoms with Gasteiger partial charge in [-0.05, 0) is 26.2 Å². The first kappa shape index (κ1) is 22.5. The number of nitrogens with one attached hydrogen (secondary N) is 1. The third kappa shape index (κ3) is 4.43. The average Bonchev–Trinajstić information content (AvgIpc) is 3.31. The molecule has 1 N–H and O–H groups in total. The van der Waals surface area contributed by atoms with E-state index in [1.807, 2.05) is 28.5 Å². The molecule has 2 aromatic heterocycles. The molecule has 4 heterocycles. The predicted octanol–water partition coefficient (Wildman–Crippen LogP) is 3.01. The Hall–Kier alpha value is -2.32. The van der Waals surface area contributed by atoms with Crippen molar-refractivity contribution in [3.05, 3.63) is 24.1 Å². The number of morpholine rings is 1.